The maximum absolute atomic E-state index is 4.53. The topological polar surface area (TPSA) is 41.9 Å². The SMILES string of the molecule is Cc1nccc(N2CCC[C@H](c3ccncc3)C2)n1. The first kappa shape index (κ1) is 12.1. The normalized spacial score (nSPS) is 19.4. The van der Waals surface area contributed by atoms with Gasteiger partial charge in [-0.15, -0.1) is 0 Å². The molecule has 1 aliphatic heterocycles. The van der Waals surface area contributed by atoms with Gasteiger partial charge in [0.25, 0.3) is 0 Å². The molecular weight excluding hydrogens is 236 g/mol. The molecule has 0 spiro atoms. The van der Waals surface area contributed by atoms with Gasteiger partial charge < -0.3 is 4.90 Å². The molecule has 0 aliphatic carbocycles. The first-order valence-corrected chi connectivity index (χ1v) is 6.77. The maximum atomic E-state index is 4.53. The van der Waals surface area contributed by atoms with Crippen LogP contribution in [-0.4, -0.2) is 28.0 Å². The number of anilines is 1. The van der Waals surface area contributed by atoms with Crippen molar-refractivity contribution in [1.29, 1.82) is 0 Å². The second kappa shape index (κ2) is 5.34. The van der Waals surface area contributed by atoms with Crippen molar-refractivity contribution in [3.05, 3.63) is 48.2 Å². The van der Waals surface area contributed by atoms with Crippen molar-refractivity contribution in [2.75, 3.05) is 18.0 Å². The molecule has 2 aromatic heterocycles. The van der Waals surface area contributed by atoms with Crippen LogP contribution < -0.4 is 4.90 Å². The summed E-state index contributed by atoms with van der Waals surface area (Å²) in [6, 6.07) is 6.25. The van der Waals surface area contributed by atoms with Gasteiger partial charge in [-0.1, -0.05) is 0 Å². The lowest BCUT2D eigenvalue weighted by Gasteiger charge is -2.33. The minimum Gasteiger partial charge on any atom is -0.356 e. The highest BCUT2D eigenvalue weighted by Crippen LogP contribution is 2.28. The molecule has 4 nitrogen and oxygen atoms in total. The van der Waals surface area contributed by atoms with Crippen LogP contribution in [0.1, 0.15) is 30.1 Å². The Balaban J connectivity index is 1.78. The Morgan fingerprint density at radius 2 is 2.00 bits per heavy atom. The van der Waals surface area contributed by atoms with Crippen molar-refractivity contribution in [2.45, 2.75) is 25.7 Å². The summed E-state index contributed by atoms with van der Waals surface area (Å²) < 4.78 is 0. The zero-order valence-electron chi connectivity index (χ0n) is 11.2. The van der Waals surface area contributed by atoms with Crippen molar-refractivity contribution in [3.8, 4) is 0 Å². The molecule has 0 aromatic carbocycles. The molecule has 0 unspecified atom stereocenters. The number of rotatable bonds is 2. The standard InChI is InChI=1S/C15H18N4/c1-12-17-9-6-15(18-12)19-10-2-3-14(11-19)13-4-7-16-8-5-13/h4-9,14H,2-3,10-11H2,1H3/t14-/m0/s1. The van der Waals surface area contributed by atoms with E-state index in [0.717, 1.165) is 24.7 Å². The van der Waals surface area contributed by atoms with Crippen LogP contribution in [0, 0.1) is 6.92 Å². The zero-order valence-corrected chi connectivity index (χ0v) is 11.2. The molecule has 3 heterocycles. The van der Waals surface area contributed by atoms with Crippen LogP contribution >= 0.6 is 0 Å². The summed E-state index contributed by atoms with van der Waals surface area (Å²) in [6.07, 6.45) is 8.04. The fourth-order valence-electron chi connectivity index (χ4n) is 2.71. The van der Waals surface area contributed by atoms with E-state index in [9.17, 15) is 0 Å². The molecule has 1 aliphatic rings. The van der Waals surface area contributed by atoms with Crippen LogP contribution in [0.5, 0.6) is 0 Å². The van der Waals surface area contributed by atoms with Crippen LogP contribution in [0.15, 0.2) is 36.8 Å². The Labute approximate surface area is 113 Å². The van der Waals surface area contributed by atoms with Gasteiger partial charge in [-0.05, 0) is 43.5 Å². The summed E-state index contributed by atoms with van der Waals surface area (Å²) >= 11 is 0. The average molecular weight is 254 g/mol. The van der Waals surface area contributed by atoms with Gasteiger partial charge in [-0.3, -0.25) is 4.98 Å². The fraction of sp³-hybridized carbons (Fsp3) is 0.400. The van der Waals surface area contributed by atoms with E-state index >= 15 is 0 Å². The number of aromatic nitrogens is 3. The highest BCUT2D eigenvalue weighted by molar-refractivity contribution is 5.39. The highest BCUT2D eigenvalue weighted by atomic mass is 15.2. The first-order chi connectivity index (χ1) is 9.33. The van der Waals surface area contributed by atoms with Crippen LogP contribution in [0.25, 0.3) is 0 Å². The Morgan fingerprint density at radius 1 is 1.16 bits per heavy atom. The van der Waals surface area contributed by atoms with Gasteiger partial charge in [0.05, 0.1) is 0 Å². The Bertz CT molecular complexity index is 541. The smallest absolute Gasteiger partial charge is 0.132 e. The van der Waals surface area contributed by atoms with Crippen LogP contribution in [-0.2, 0) is 0 Å². The Morgan fingerprint density at radius 3 is 2.79 bits per heavy atom. The molecular formula is C15H18N4. The fourth-order valence-corrected chi connectivity index (χ4v) is 2.71. The van der Waals surface area contributed by atoms with Gasteiger partial charge in [0.1, 0.15) is 11.6 Å². The number of nitrogens with zero attached hydrogens (tertiary/aromatic N) is 4. The van der Waals surface area contributed by atoms with Gasteiger partial charge in [0, 0.05) is 37.6 Å². The summed E-state index contributed by atoms with van der Waals surface area (Å²) in [6.45, 7) is 4.05. The maximum Gasteiger partial charge on any atom is 0.132 e. The quantitative estimate of drug-likeness (QED) is 0.826. The summed E-state index contributed by atoms with van der Waals surface area (Å²) in [5, 5.41) is 0. The zero-order chi connectivity index (χ0) is 13.1. The third-order valence-electron chi connectivity index (χ3n) is 3.68. The van der Waals surface area contributed by atoms with E-state index in [-0.39, 0.29) is 0 Å². The van der Waals surface area contributed by atoms with E-state index < -0.39 is 0 Å². The lowest BCUT2D eigenvalue weighted by molar-refractivity contribution is 0.506. The Hall–Kier alpha value is -1.97. The minimum atomic E-state index is 0.576. The van der Waals surface area contributed by atoms with Crippen LogP contribution in [0.4, 0.5) is 5.82 Å². The number of aryl methyl sites for hydroxylation is 1. The predicted molar refractivity (Wildman–Crippen MR) is 75.2 cm³/mol. The Kier molecular flexibility index (Phi) is 3.40. The summed E-state index contributed by atoms with van der Waals surface area (Å²) in [5.74, 6) is 2.46. The van der Waals surface area contributed by atoms with Crippen LogP contribution in [0.3, 0.4) is 0 Å². The minimum absolute atomic E-state index is 0.576. The third kappa shape index (κ3) is 2.72. The molecule has 3 rings (SSSR count). The molecule has 1 fully saturated rings. The third-order valence-corrected chi connectivity index (χ3v) is 3.68. The molecule has 4 heteroatoms. The molecule has 2 aromatic rings. The molecule has 1 saturated heterocycles. The summed E-state index contributed by atoms with van der Waals surface area (Å²) in [4.78, 5) is 15.2. The van der Waals surface area contributed by atoms with Crippen LogP contribution in [0.2, 0.25) is 0 Å². The van der Waals surface area contributed by atoms with E-state index in [2.05, 4.69) is 32.0 Å². The van der Waals surface area contributed by atoms with Gasteiger partial charge in [0.2, 0.25) is 0 Å². The molecule has 0 bridgehead atoms. The highest BCUT2D eigenvalue weighted by Gasteiger charge is 2.22. The van der Waals surface area contributed by atoms with E-state index in [4.69, 9.17) is 0 Å². The second-order valence-electron chi connectivity index (χ2n) is 5.03. The number of hydrogen-bond acceptors (Lipinski definition) is 4. The van der Waals surface area contributed by atoms with Crippen molar-refractivity contribution >= 4 is 5.82 Å². The number of pyridine rings is 1. The van der Waals surface area contributed by atoms with E-state index in [0.29, 0.717) is 5.92 Å². The largest absolute Gasteiger partial charge is 0.356 e. The molecule has 19 heavy (non-hydrogen) atoms. The lowest BCUT2D eigenvalue weighted by atomic mass is 9.91. The number of hydrogen-bond donors (Lipinski definition) is 0. The van der Waals surface area contributed by atoms with Gasteiger partial charge in [0.15, 0.2) is 0 Å². The van der Waals surface area contributed by atoms with Crippen molar-refractivity contribution in [2.24, 2.45) is 0 Å². The average Bonchev–Trinajstić information content (AvgIpc) is 2.48. The van der Waals surface area contributed by atoms with E-state index in [1.807, 2.05) is 31.6 Å². The monoisotopic (exact) mass is 254 g/mol. The molecule has 98 valence electrons. The van der Waals surface area contributed by atoms with E-state index in [1.54, 1.807) is 0 Å². The molecule has 0 amide bonds. The van der Waals surface area contributed by atoms with Gasteiger partial charge in [-0.25, -0.2) is 9.97 Å². The van der Waals surface area contributed by atoms with Crippen molar-refractivity contribution in [3.63, 3.8) is 0 Å². The van der Waals surface area contributed by atoms with Gasteiger partial charge in [-0.2, -0.15) is 0 Å². The molecule has 0 radical (unpaired) electrons. The van der Waals surface area contributed by atoms with Crippen molar-refractivity contribution in [1.82, 2.24) is 15.0 Å². The summed E-state index contributed by atoms with van der Waals surface area (Å²) in [7, 11) is 0. The molecule has 0 saturated carbocycles. The van der Waals surface area contributed by atoms with E-state index in [1.165, 1.54) is 18.4 Å². The number of piperidine rings is 1. The lowest BCUT2D eigenvalue weighted by Crippen LogP contribution is -2.35. The first-order valence-electron chi connectivity index (χ1n) is 6.77. The van der Waals surface area contributed by atoms with Gasteiger partial charge >= 0.3 is 0 Å². The second-order valence-corrected chi connectivity index (χ2v) is 5.03. The predicted octanol–water partition coefficient (Wildman–Crippen LogP) is 2.56. The molecule has 0 N–H and O–H groups in total. The van der Waals surface area contributed by atoms with Crippen molar-refractivity contribution < 1.29 is 0 Å². The summed E-state index contributed by atoms with van der Waals surface area (Å²) in [5.41, 5.74) is 1.38. The molecule has 1 atom stereocenters.